The number of nitrogens with two attached hydrogens (primary N) is 1. The minimum atomic E-state index is -1.15. The molecular weight excluding hydrogens is 218 g/mol. The van der Waals surface area contributed by atoms with Crippen LogP contribution in [0.4, 0.5) is 0 Å². The minimum absolute atomic E-state index is 0.286. The number of nitrogens with zero attached hydrogens (tertiary/aromatic N) is 3. The lowest BCUT2D eigenvalue weighted by Gasteiger charge is -2.35. The van der Waals surface area contributed by atoms with Crippen molar-refractivity contribution in [1.29, 1.82) is 0 Å². The minimum Gasteiger partial charge on any atom is -0.382 e. The average molecular weight is 234 g/mol. The predicted octanol–water partition coefficient (Wildman–Crippen LogP) is -0.167. The lowest BCUT2D eigenvalue weighted by molar-refractivity contribution is 0.131. The number of amidine groups is 1. The van der Waals surface area contributed by atoms with E-state index in [-0.39, 0.29) is 5.84 Å². The molecule has 0 aromatic rings. The highest BCUT2D eigenvalue weighted by Gasteiger charge is 2.33. The van der Waals surface area contributed by atoms with Gasteiger partial charge in [-0.2, -0.15) is 4.99 Å². The quantitative estimate of drug-likeness (QED) is 0.351. The van der Waals surface area contributed by atoms with Crippen molar-refractivity contribution in [2.45, 2.75) is 32.0 Å². The van der Waals surface area contributed by atoms with Gasteiger partial charge in [-0.1, -0.05) is 11.6 Å². The Labute approximate surface area is 93.8 Å². The highest BCUT2D eigenvalue weighted by atomic mass is 35.5. The van der Waals surface area contributed by atoms with E-state index in [1.807, 2.05) is 6.92 Å². The zero-order valence-electron chi connectivity index (χ0n) is 9.03. The third-order valence-corrected chi connectivity index (χ3v) is 2.12. The van der Waals surface area contributed by atoms with Crippen LogP contribution in [-0.2, 0) is 0 Å². The molecule has 1 aliphatic heterocycles. The van der Waals surface area contributed by atoms with Crippen LogP contribution in [0.25, 0.3) is 0 Å². The summed E-state index contributed by atoms with van der Waals surface area (Å²) in [4.78, 5) is 8.17. The van der Waals surface area contributed by atoms with Gasteiger partial charge in [0.15, 0.2) is 11.5 Å². The number of alkyl halides is 1. The van der Waals surface area contributed by atoms with Crippen LogP contribution in [0.3, 0.4) is 0 Å². The van der Waals surface area contributed by atoms with Gasteiger partial charge in [0.05, 0.1) is 0 Å². The lowest BCUT2D eigenvalue weighted by Crippen LogP contribution is -2.60. The van der Waals surface area contributed by atoms with E-state index in [1.54, 1.807) is 13.8 Å². The Balaban J connectivity index is 3.05. The summed E-state index contributed by atoms with van der Waals surface area (Å²) in [6.45, 7) is 5.64. The molecule has 1 aliphatic rings. The number of guanidine groups is 1. The van der Waals surface area contributed by atoms with Gasteiger partial charge in [0.1, 0.15) is 5.60 Å². The molecule has 86 valence electrons. The topological polar surface area (TPSA) is 86.2 Å². The molecule has 15 heavy (non-hydrogen) atoms. The van der Waals surface area contributed by atoms with Crippen LogP contribution in [0.5, 0.6) is 0 Å². The van der Waals surface area contributed by atoms with Crippen LogP contribution in [0.15, 0.2) is 9.98 Å². The molecule has 0 saturated heterocycles. The first-order valence-electron chi connectivity index (χ1n) is 4.66. The Bertz CT molecular complexity index is 296. The van der Waals surface area contributed by atoms with E-state index in [4.69, 9.17) is 17.4 Å². The van der Waals surface area contributed by atoms with E-state index >= 15 is 0 Å². The summed E-state index contributed by atoms with van der Waals surface area (Å²) in [6, 6.07) is 0. The van der Waals surface area contributed by atoms with Crippen molar-refractivity contribution in [2.75, 3.05) is 6.54 Å². The molecule has 4 N–H and O–H groups in total. The summed E-state index contributed by atoms with van der Waals surface area (Å²) in [5.74, 6) is 6.33. The van der Waals surface area contributed by atoms with Gasteiger partial charge in [-0.05, 0) is 20.8 Å². The first-order chi connectivity index (χ1) is 6.86. The van der Waals surface area contributed by atoms with Crippen molar-refractivity contribution in [3.05, 3.63) is 0 Å². The first-order valence-corrected chi connectivity index (χ1v) is 5.10. The zero-order chi connectivity index (χ0) is 11.6. The van der Waals surface area contributed by atoms with Crippen molar-refractivity contribution in [3.63, 3.8) is 0 Å². The highest BCUT2D eigenvalue weighted by Crippen LogP contribution is 2.14. The largest absolute Gasteiger partial charge is 0.382 e. The van der Waals surface area contributed by atoms with Crippen molar-refractivity contribution in [3.8, 4) is 0 Å². The monoisotopic (exact) mass is 233 g/mol. The molecular formula is C8H16ClN5O. The molecule has 7 heteroatoms. The summed E-state index contributed by atoms with van der Waals surface area (Å²) >= 11 is 5.92. The van der Waals surface area contributed by atoms with Gasteiger partial charge in [0.25, 0.3) is 0 Å². The molecule has 0 radical (unpaired) electrons. The second-order valence-electron chi connectivity index (χ2n) is 3.68. The summed E-state index contributed by atoms with van der Waals surface area (Å²) in [7, 11) is 0. The lowest BCUT2D eigenvalue weighted by atomic mass is 10.1. The Kier molecular flexibility index (Phi) is 3.54. The SMILES string of the molecule is CCN=C1N=C(C(C)(C)O)N(N)C(Cl)N1. The Morgan fingerprint density at radius 3 is 2.80 bits per heavy atom. The molecule has 0 bridgehead atoms. The number of hydrogen-bond donors (Lipinski definition) is 3. The fourth-order valence-electron chi connectivity index (χ4n) is 1.16. The maximum absolute atomic E-state index is 9.82. The molecule has 0 fully saturated rings. The zero-order valence-corrected chi connectivity index (χ0v) is 9.78. The van der Waals surface area contributed by atoms with E-state index in [9.17, 15) is 5.11 Å². The number of nitrogens with one attached hydrogen (secondary N) is 1. The normalized spacial score (nSPS) is 25.2. The molecule has 0 aromatic carbocycles. The Morgan fingerprint density at radius 2 is 2.33 bits per heavy atom. The van der Waals surface area contributed by atoms with Crippen LogP contribution in [0.1, 0.15) is 20.8 Å². The van der Waals surface area contributed by atoms with Gasteiger partial charge >= 0.3 is 0 Å². The maximum Gasteiger partial charge on any atom is 0.222 e. The molecule has 0 aromatic heterocycles. The Morgan fingerprint density at radius 1 is 1.73 bits per heavy atom. The molecule has 0 amide bonds. The molecule has 0 aliphatic carbocycles. The van der Waals surface area contributed by atoms with Crippen LogP contribution < -0.4 is 11.2 Å². The first kappa shape index (κ1) is 12.2. The maximum atomic E-state index is 9.82. The van der Waals surface area contributed by atoms with Crippen LogP contribution >= 0.6 is 11.6 Å². The summed E-state index contributed by atoms with van der Waals surface area (Å²) in [5, 5.41) is 13.8. The number of halogens is 1. The standard InChI is InChI=1S/C8H16ClN5O/c1-4-11-7-12-5(8(2,3)15)14(10)6(9)13-7/h6,15H,4,10H2,1-3H3,(H,11,13). The Hall–Kier alpha value is -0.850. The second kappa shape index (κ2) is 4.34. The number of hydrazine groups is 1. The molecule has 1 atom stereocenters. The van der Waals surface area contributed by atoms with Gasteiger partial charge in [-0.3, -0.25) is 10.0 Å². The van der Waals surface area contributed by atoms with Crippen LogP contribution in [-0.4, -0.2) is 39.7 Å². The molecule has 1 rings (SSSR count). The third kappa shape index (κ3) is 2.80. The van der Waals surface area contributed by atoms with Crippen molar-refractivity contribution in [1.82, 2.24) is 10.3 Å². The van der Waals surface area contributed by atoms with Crippen LogP contribution in [0.2, 0.25) is 0 Å². The summed E-state index contributed by atoms with van der Waals surface area (Å²) in [6.07, 6.45) is 0. The van der Waals surface area contributed by atoms with Crippen molar-refractivity contribution < 1.29 is 5.11 Å². The van der Waals surface area contributed by atoms with Gasteiger partial charge in [0, 0.05) is 6.54 Å². The highest BCUT2D eigenvalue weighted by molar-refractivity contribution is 6.23. The van der Waals surface area contributed by atoms with E-state index in [2.05, 4.69) is 15.3 Å². The molecule has 1 unspecified atom stereocenters. The van der Waals surface area contributed by atoms with Gasteiger partial charge in [0.2, 0.25) is 5.96 Å². The van der Waals surface area contributed by atoms with Gasteiger partial charge < -0.3 is 10.4 Å². The molecule has 6 nitrogen and oxygen atoms in total. The van der Waals surface area contributed by atoms with Gasteiger partial charge in [-0.15, -0.1) is 0 Å². The number of rotatable bonds is 2. The molecule has 1 heterocycles. The van der Waals surface area contributed by atoms with Crippen molar-refractivity contribution >= 4 is 23.4 Å². The fraction of sp³-hybridized carbons (Fsp3) is 0.750. The summed E-state index contributed by atoms with van der Waals surface area (Å²) < 4.78 is 0. The number of aliphatic hydroxyl groups is 1. The average Bonchev–Trinajstić information content (AvgIpc) is 2.09. The van der Waals surface area contributed by atoms with E-state index in [0.29, 0.717) is 12.5 Å². The summed E-state index contributed by atoms with van der Waals surface area (Å²) in [5.41, 5.74) is -1.81. The van der Waals surface area contributed by atoms with E-state index in [1.165, 1.54) is 5.01 Å². The van der Waals surface area contributed by atoms with Gasteiger partial charge in [-0.25, -0.2) is 5.84 Å². The van der Waals surface area contributed by atoms with Crippen LogP contribution in [0, 0.1) is 0 Å². The third-order valence-electron chi connectivity index (χ3n) is 1.80. The van der Waals surface area contributed by atoms with E-state index < -0.39 is 11.2 Å². The smallest absolute Gasteiger partial charge is 0.222 e. The number of hydrogen-bond acceptors (Lipinski definition) is 4. The van der Waals surface area contributed by atoms with E-state index in [0.717, 1.165) is 0 Å². The molecule has 0 spiro atoms. The molecule has 0 saturated carbocycles. The van der Waals surface area contributed by atoms with Crippen molar-refractivity contribution in [2.24, 2.45) is 15.8 Å². The fourth-order valence-corrected chi connectivity index (χ4v) is 1.35. The predicted molar refractivity (Wildman–Crippen MR) is 60.5 cm³/mol. The number of aliphatic imine (C=N–C) groups is 2. The second-order valence-corrected chi connectivity index (χ2v) is 4.09.